The first-order chi connectivity index (χ1) is 10.7. The lowest BCUT2D eigenvalue weighted by Crippen LogP contribution is -2.23. The Hall–Kier alpha value is -2.76. The van der Waals surface area contributed by atoms with Crippen molar-refractivity contribution >= 4 is 11.6 Å². The van der Waals surface area contributed by atoms with E-state index in [1.165, 1.54) is 30.3 Å². The van der Waals surface area contributed by atoms with Crippen molar-refractivity contribution in [3.63, 3.8) is 0 Å². The van der Waals surface area contributed by atoms with Gasteiger partial charge in [0, 0.05) is 18.2 Å². The van der Waals surface area contributed by atoms with Crippen molar-refractivity contribution in [1.29, 1.82) is 0 Å². The molecule has 0 aliphatic carbocycles. The molecular weight excluding hydrogens is 285 g/mol. The Bertz CT molecular complexity index is 746. The fourth-order valence-corrected chi connectivity index (χ4v) is 2.34. The highest BCUT2D eigenvalue weighted by molar-refractivity contribution is 6.05. The van der Waals surface area contributed by atoms with Gasteiger partial charge in [-0.3, -0.25) is 4.79 Å². The fourth-order valence-electron chi connectivity index (χ4n) is 2.34. The molecule has 6 heteroatoms. The summed E-state index contributed by atoms with van der Waals surface area (Å²) < 4.78 is 18.4. The minimum absolute atomic E-state index is 0.281. The van der Waals surface area contributed by atoms with Gasteiger partial charge < -0.3 is 4.74 Å². The van der Waals surface area contributed by atoms with Crippen LogP contribution < -0.4 is 4.74 Å². The molecule has 3 rings (SSSR count). The number of ether oxygens (including phenoxy) is 1. The number of benzene rings is 1. The molecule has 2 heterocycles. The number of rotatable bonds is 3. The van der Waals surface area contributed by atoms with Crippen molar-refractivity contribution in [3.05, 3.63) is 59.5 Å². The van der Waals surface area contributed by atoms with E-state index in [0.29, 0.717) is 18.8 Å². The Balaban J connectivity index is 1.86. The van der Waals surface area contributed by atoms with Crippen LogP contribution in [0.1, 0.15) is 22.3 Å². The molecule has 1 aromatic carbocycles. The van der Waals surface area contributed by atoms with E-state index in [2.05, 4.69) is 10.1 Å². The zero-order valence-corrected chi connectivity index (χ0v) is 12.0. The van der Waals surface area contributed by atoms with Gasteiger partial charge in [0.05, 0.1) is 24.9 Å². The number of pyridine rings is 1. The third-order valence-corrected chi connectivity index (χ3v) is 3.38. The highest BCUT2D eigenvalue weighted by Crippen LogP contribution is 2.22. The van der Waals surface area contributed by atoms with Crippen molar-refractivity contribution in [2.75, 3.05) is 13.7 Å². The van der Waals surface area contributed by atoms with Gasteiger partial charge in [-0.05, 0) is 30.3 Å². The molecule has 0 radical (unpaired) electrons. The summed E-state index contributed by atoms with van der Waals surface area (Å²) in [5.41, 5.74) is 1.78. The van der Waals surface area contributed by atoms with Crippen LogP contribution in [-0.2, 0) is 0 Å². The Morgan fingerprint density at radius 3 is 2.95 bits per heavy atom. The number of nitrogens with zero attached hydrogens (tertiary/aromatic N) is 3. The van der Waals surface area contributed by atoms with E-state index in [4.69, 9.17) is 4.74 Å². The number of halogens is 1. The lowest BCUT2D eigenvalue weighted by atomic mass is 10.1. The average molecular weight is 299 g/mol. The zero-order valence-electron chi connectivity index (χ0n) is 12.0. The minimum Gasteiger partial charge on any atom is -0.481 e. The molecule has 0 saturated heterocycles. The lowest BCUT2D eigenvalue weighted by molar-refractivity contribution is 0.0778. The molecule has 0 unspecified atom stereocenters. The highest BCUT2D eigenvalue weighted by atomic mass is 19.1. The molecule has 1 aliphatic heterocycles. The van der Waals surface area contributed by atoms with Crippen LogP contribution in [0.5, 0.6) is 5.88 Å². The summed E-state index contributed by atoms with van der Waals surface area (Å²) in [6.45, 7) is 0.447. The average Bonchev–Trinajstić information content (AvgIpc) is 3.04. The summed E-state index contributed by atoms with van der Waals surface area (Å²) in [4.78, 5) is 16.5. The summed E-state index contributed by atoms with van der Waals surface area (Å²) in [7, 11) is 1.54. The van der Waals surface area contributed by atoms with Crippen LogP contribution in [0.15, 0.2) is 47.7 Å². The third-order valence-electron chi connectivity index (χ3n) is 3.38. The fraction of sp³-hybridized carbons (Fsp3) is 0.188. The molecule has 22 heavy (non-hydrogen) atoms. The molecule has 1 aliphatic rings. The van der Waals surface area contributed by atoms with E-state index in [1.54, 1.807) is 18.3 Å². The number of carbonyl (C=O) groups is 1. The van der Waals surface area contributed by atoms with Crippen molar-refractivity contribution in [3.8, 4) is 5.88 Å². The summed E-state index contributed by atoms with van der Waals surface area (Å²) in [6, 6.07) is 9.23. The monoisotopic (exact) mass is 299 g/mol. The van der Waals surface area contributed by atoms with E-state index < -0.39 is 5.82 Å². The van der Waals surface area contributed by atoms with Crippen molar-refractivity contribution < 1.29 is 13.9 Å². The molecule has 112 valence electrons. The van der Waals surface area contributed by atoms with E-state index in [9.17, 15) is 9.18 Å². The maximum atomic E-state index is 13.2. The van der Waals surface area contributed by atoms with Gasteiger partial charge in [0.25, 0.3) is 5.91 Å². The minimum atomic E-state index is -0.442. The second-order valence-electron chi connectivity index (χ2n) is 4.80. The van der Waals surface area contributed by atoms with Gasteiger partial charge in [0.2, 0.25) is 5.88 Å². The molecule has 0 N–H and O–H groups in total. The standard InChI is InChI=1S/C16H14FN3O2/c1-22-15-13(6-3-8-18-15)14-7-9-20(19-14)16(21)11-4-2-5-12(17)10-11/h2-6,8,10H,7,9H2,1H3. The SMILES string of the molecule is COc1ncccc1C1=NN(C(=O)c2cccc(F)c2)CC1. The van der Waals surface area contributed by atoms with E-state index in [0.717, 1.165) is 11.3 Å². The predicted molar refractivity (Wildman–Crippen MR) is 79.4 cm³/mol. The molecule has 1 amide bonds. The first-order valence-corrected chi connectivity index (χ1v) is 6.83. The van der Waals surface area contributed by atoms with Crippen LogP contribution in [0.3, 0.4) is 0 Å². The smallest absolute Gasteiger partial charge is 0.274 e. The second kappa shape index (κ2) is 5.93. The van der Waals surface area contributed by atoms with Gasteiger partial charge in [-0.2, -0.15) is 5.10 Å². The van der Waals surface area contributed by atoms with Crippen LogP contribution >= 0.6 is 0 Å². The van der Waals surface area contributed by atoms with Crippen molar-refractivity contribution in [2.24, 2.45) is 5.10 Å². The summed E-state index contributed by atoms with van der Waals surface area (Å²) in [6.07, 6.45) is 2.23. The highest BCUT2D eigenvalue weighted by Gasteiger charge is 2.24. The van der Waals surface area contributed by atoms with Gasteiger partial charge in [-0.25, -0.2) is 14.4 Å². The summed E-state index contributed by atoms with van der Waals surface area (Å²) >= 11 is 0. The molecule has 0 bridgehead atoms. The molecule has 0 saturated carbocycles. The molecule has 0 atom stereocenters. The lowest BCUT2D eigenvalue weighted by Gasteiger charge is -2.11. The predicted octanol–water partition coefficient (Wildman–Crippen LogP) is 2.48. The zero-order chi connectivity index (χ0) is 15.5. The van der Waals surface area contributed by atoms with Crippen molar-refractivity contribution in [1.82, 2.24) is 9.99 Å². The van der Waals surface area contributed by atoms with Crippen LogP contribution in [0.4, 0.5) is 4.39 Å². The number of hydrazone groups is 1. The van der Waals surface area contributed by atoms with Crippen LogP contribution in [0, 0.1) is 5.82 Å². The number of carbonyl (C=O) groups excluding carboxylic acids is 1. The molecule has 1 aromatic heterocycles. The van der Waals surface area contributed by atoms with Crippen LogP contribution in [0.25, 0.3) is 0 Å². The molecular formula is C16H14FN3O2. The van der Waals surface area contributed by atoms with Gasteiger partial charge in [-0.1, -0.05) is 6.07 Å². The number of hydrogen-bond donors (Lipinski definition) is 0. The maximum absolute atomic E-state index is 13.2. The van der Waals surface area contributed by atoms with E-state index in [-0.39, 0.29) is 11.5 Å². The van der Waals surface area contributed by atoms with E-state index >= 15 is 0 Å². The third kappa shape index (κ3) is 2.67. The maximum Gasteiger partial charge on any atom is 0.274 e. The summed E-state index contributed by atoms with van der Waals surface area (Å²) in [5, 5.41) is 5.67. The molecule has 2 aromatic rings. The first kappa shape index (κ1) is 14.2. The van der Waals surface area contributed by atoms with Crippen LogP contribution in [0.2, 0.25) is 0 Å². The summed E-state index contributed by atoms with van der Waals surface area (Å²) in [5.74, 6) is -0.290. The quantitative estimate of drug-likeness (QED) is 0.875. The Labute approximate surface area is 127 Å². The first-order valence-electron chi connectivity index (χ1n) is 6.83. The van der Waals surface area contributed by atoms with E-state index in [1.807, 2.05) is 6.07 Å². The van der Waals surface area contributed by atoms with Crippen LogP contribution in [-0.4, -0.2) is 35.3 Å². The topological polar surface area (TPSA) is 54.8 Å². The number of aromatic nitrogens is 1. The molecule has 0 fully saturated rings. The largest absolute Gasteiger partial charge is 0.481 e. The second-order valence-corrected chi connectivity index (χ2v) is 4.80. The Kier molecular flexibility index (Phi) is 3.82. The van der Waals surface area contributed by atoms with Gasteiger partial charge in [0.15, 0.2) is 0 Å². The van der Waals surface area contributed by atoms with Gasteiger partial charge >= 0.3 is 0 Å². The Morgan fingerprint density at radius 2 is 2.18 bits per heavy atom. The number of methoxy groups -OCH3 is 1. The number of amides is 1. The Morgan fingerprint density at radius 1 is 1.32 bits per heavy atom. The van der Waals surface area contributed by atoms with Gasteiger partial charge in [-0.15, -0.1) is 0 Å². The molecule has 0 spiro atoms. The number of hydrogen-bond acceptors (Lipinski definition) is 4. The van der Waals surface area contributed by atoms with Crippen molar-refractivity contribution in [2.45, 2.75) is 6.42 Å². The molecule has 5 nitrogen and oxygen atoms in total. The van der Waals surface area contributed by atoms with Gasteiger partial charge in [0.1, 0.15) is 5.82 Å². The normalized spacial score (nSPS) is 13.9.